The van der Waals surface area contributed by atoms with Crippen LogP contribution in [0.3, 0.4) is 0 Å². The molecule has 0 rings (SSSR count). The van der Waals surface area contributed by atoms with Crippen LogP contribution in [0.1, 0.15) is 72.6 Å². The van der Waals surface area contributed by atoms with Gasteiger partial charge in [0.25, 0.3) is 0 Å². The molecule has 7 nitrogen and oxygen atoms in total. The molecule has 0 aliphatic rings. The highest BCUT2D eigenvalue weighted by atomic mass is 16.6. The fourth-order valence-electron chi connectivity index (χ4n) is 2.55. The Morgan fingerprint density at radius 1 is 0.778 bits per heavy atom. The Labute approximate surface area is 164 Å². The first-order valence-electron chi connectivity index (χ1n) is 10.1. The lowest BCUT2D eigenvalue weighted by Gasteiger charge is -2.30. The minimum atomic E-state index is -0.729. The number of unbranched alkanes of at least 4 members (excludes halogenated alkanes) is 6. The highest BCUT2D eigenvalue weighted by Crippen LogP contribution is 2.09. The Balaban J connectivity index is 4.25. The Hall–Kier alpha value is -1.79. The molecule has 2 unspecified atom stereocenters. The molecule has 0 heterocycles. The smallest absolute Gasteiger partial charge is 0.410 e. The van der Waals surface area contributed by atoms with Crippen molar-refractivity contribution in [2.75, 3.05) is 27.3 Å². The van der Waals surface area contributed by atoms with Gasteiger partial charge in [0.2, 0.25) is 5.91 Å². The largest absolute Gasteiger partial charge is 0.464 e. The van der Waals surface area contributed by atoms with Gasteiger partial charge in [0.1, 0.15) is 12.1 Å². The van der Waals surface area contributed by atoms with Crippen molar-refractivity contribution in [3.8, 4) is 0 Å². The molecule has 0 bridgehead atoms. The maximum Gasteiger partial charge on any atom is 0.410 e. The van der Waals surface area contributed by atoms with E-state index in [1.807, 2.05) is 0 Å². The van der Waals surface area contributed by atoms with Crippen molar-refractivity contribution in [2.45, 2.75) is 84.7 Å². The number of ether oxygens (including phenoxy) is 2. The molecule has 0 saturated heterocycles. The van der Waals surface area contributed by atoms with E-state index in [0.717, 1.165) is 19.3 Å². The van der Waals surface area contributed by atoms with Gasteiger partial charge >= 0.3 is 12.1 Å². The van der Waals surface area contributed by atoms with E-state index in [1.165, 1.54) is 49.6 Å². The van der Waals surface area contributed by atoms with Crippen molar-refractivity contribution in [1.82, 2.24) is 9.80 Å². The van der Waals surface area contributed by atoms with Gasteiger partial charge in [-0.25, -0.2) is 9.59 Å². The molecule has 0 fully saturated rings. The SMILES string of the molecule is CCCCCCCCCOC(=O)C(C)N(C)C(=O)C(C)N(C)C(=O)OCC. The Morgan fingerprint density at radius 2 is 1.33 bits per heavy atom. The van der Waals surface area contributed by atoms with Crippen LogP contribution in [0.15, 0.2) is 0 Å². The van der Waals surface area contributed by atoms with Crippen molar-refractivity contribution < 1.29 is 23.9 Å². The third-order valence-corrected chi connectivity index (χ3v) is 4.76. The van der Waals surface area contributed by atoms with Crippen LogP contribution < -0.4 is 0 Å². The average Bonchev–Trinajstić information content (AvgIpc) is 2.66. The summed E-state index contributed by atoms with van der Waals surface area (Å²) in [6.07, 6.45) is 7.46. The molecule has 27 heavy (non-hydrogen) atoms. The Morgan fingerprint density at radius 3 is 1.89 bits per heavy atom. The summed E-state index contributed by atoms with van der Waals surface area (Å²) in [7, 11) is 3.04. The summed E-state index contributed by atoms with van der Waals surface area (Å²) in [6.45, 7) is 7.73. The fraction of sp³-hybridized carbons (Fsp3) is 0.850. The standard InChI is InChI=1S/C20H38N2O5/c1-7-9-10-11-12-13-14-15-27-19(24)17(4)21(5)18(23)16(3)22(6)20(25)26-8-2/h16-17H,7-15H2,1-6H3. The van der Waals surface area contributed by atoms with Crippen LogP contribution in [-0.4, -0.2) is 67.2 Å². The Kier molecular flexibility index (Phi) is 13.3. The monoisotopic (exact) mass is 386 g/mol. The highest BCUT2D eigenvalue weighted by molar-refractivity contribution is 5.89. The van der Waals surface area contributed by atoms with Crippen LogP contribution in [0, 0.1) is 0 Å². The van der Waals surface area contributed by atoms with E-state index in [1.54, 1.807) is 20.8 Å². The summed E-state index contributed by atoms with van der Waals surface area (Å²) in [5, 5.41) is 0. The minimum Gasteiger partial charge on any atom is -0.464 e. The predicted molar refractivity (Wildman–Crippen MR) is 105 cm³/mol. The molecule has 0 N–H and O–H groups in total. The number of rotatable bonds is 13. The molecular weight excluding hydrogens is 348 g/mol. The molecule has 0 aliphatic carbocycles. The zero-order chi connectivity index (χ0) is 20.8. The number of carbonyl (C=O) groups is 3. The molecular formula is C20H38N2O5. The van der Waals surface area contributed by atoms with Crippen LogP contribution in [0.2, 0.25) is 0 Å². The molecule has 0 aromatic rings. The average molecular weight is 387 g/mol. The molecule has 0 aromatic heterocycles. The normalized spacial score (nSPS) is 12.8. The molecule has 0 radical (unpaired) electrons. The topological polar surface area (TPSA) is 76.2 Å². The van der Waals surface area contributed by atoms with Gasteiger partial charge in [0.15, 0.2) is 0 Å². The van der Waals surface area contributed by atoms with Gasteiger partial charge in [-0.3, -0.25) is 9.69 Å². The summed E-state index contributed by atoms with van der Waals surface area (Å²) < 4.78 is 10.2. The van der Waals surface area contributed by atoms with Crippen LogP contribution in [-0.2, 0) is 19.1 Å². The minimum absolute atomic E-state index is 0.237. The van der Waals surface area contributed by atoms with Crippen molar-refractivity contribution in [1.29, 1.82) is 0 Å². The van der Waals surface area contributed by atoms with Gasteiger partial charge in [-0.05, 0) is 27.2 Å². The number of esters is 1. The molecule has 0 saturated carbocycles. The summed E-state index contributed by atoms with van der Waals surface area (Å²) in [5.41, 5.74) is 0. The van der Waals surface area contributed by atoms with Gasteiger partial charge in [-0.1, -0.05) is 45.4 Å². The zero-order valence-electron chi connectivity index (χ0n) is 18.0. The summed E-state index contributed by atoms with van der Waals surface area (Å²) in [5.74, 6) is -0.770. The molecule has 7 heteroatoms. The molecule has 2 atom stereocenters. The van der Waals surface area contributed by atoms with Gasteiger partial charge < -0.3 is 14.4 Å². The number of hydrogen-bond acceptors (Lipinski definition) is 5. The van der Waals surface area contributed by atoms with Gasteiger partial charge in [0.05, 0.1) is 13.2 Å². The lowest BCUT2D eigenvalue weighted by Crippen LogP contribution is -2.51. The quantitative estimate of drug-likeness (QED) is 0.357. The number of likely N-dealkylation sites (N-methyl/N-ethyl adjacent to an activating group) is 2. The van der Waals surface area contributed by atoms with Crippen molar-refractivity contribution >= 4 is 18.0 Å². The van der Waals surface area contributed by atoms with Gasteiger partial charge in [-0.15, -0.1) is 0 Å². The molecule has 0 aliphatic heterocycles. The molecule has 158 valence electrons. The van der Waals surface area contributed by atoms with E-state index < -0.39 is 24.1 Å². The van der Waals surface area contributed by atoms with Crippen LogP contribution in [0.25, 0.3) is 0 Å². The van der Waals surface area contributed by atoms with E-state index in [4.69, 9.17) is 9.47 Å². The first kappa shape index (κ1) is 25.2. The third kappa shape index (κ3) is 9.63. The second kappa shape index (κ2) is 14.3. The maximum absolute atomic E-state index is 12.5. The van der Waals surface area contributed by atoms with Crippen LogP contribution >= 0.6 is 0 Å². The van der Waals surface area contributed by atoms with Crippen molar-refractivity contribution in [2.24, 2.45) is 0 Å². The third-order valence-electron chi connectivity index (χ3n) is 4.76. The lowest BCUT2D eigenvalue weighted by molar-refractivity contribution is -0.154. The summed E-state index contributed by atoms with van der Waals surface area (Å²) in [4.78, 5) is 39.0. The maximum atomic E-state index is 12.5. The van der Waals surface area contributed by atoms with Crippen LogP contribution in [0.5, 0.6) is 0 Å². The van der Waals surface area contributed by atoms with Crippen molar-refractivity contribution in [3.05, 3.63) is 0 Å². The van der Waals surface area contributed by atoms with E-state index in [9.17, 15) is 14.4 Å². The van der Waals surface area contributed by atoms with E-state index in [2.05, 4.69) is 6.92 Å². The van der Waals surface area contributed by atoms with Gasteiger partial charge in [-0.2, -0.15) is 0 Å². The predicted octanol–water partition coefficient (Wildman–Crippen LogP) is 3.60. The number of hydrogen-bond donors (Lipinski definition) is 0. The second-order valence-electron chi connectivity index (χ2n) is 6.90. The zero-order valence-corrected chi connectivity index (χ0v) is 18.0. The molecule has 2 amide bonds. The summed E-state index contributed by atoms with van der Waals surface area (Å²) >= 11 is 0. The summed E-state index contributed by atoms with van der Waals surface area (Å²) in [6, 6.07) is -1.44. The van der Waals surface area contributed by atoms with E-state index >= 15 is 0 Å². The second-order valence-corrected chi connectivity index (χ2v) is 6.90. The first-order chi connectivity index (χ1) is 12.8. The fourth-order valence-corrected chi connectivity index (χ4v) is 2.55. The van der Waals surface area contributed by atoms with Crippen LogP contribution in [0.4, 0.5) is 4.79 Å². The molecule has 0 aromatic carbocycles. The lowest BCUT2D eigenvalue weighted by atomic mass is 10.1. The van der Waals surface area contributed by atoms with Crippen molar-refractivity contribution in [3.63, 3.8) is 0 Å². The highest BCUT2D eigenvalue weighted by Gasteiger charge is 2.31. The Bertz CT molecular complexity index is 456. The van der Waals surface area contributed by atoms with Gasteiger partial charge in [0, 0.05) is 14.1 Å². The number of nitrogens with zero attached hydrogens (tertiary/aromatic N) is 2. The first-order valence-corrected chi connectivity index (χ1v) is 10.1. The number of amides is 2. The molecule has 0 spiro atoms. The van der Waals surface area contributed by atoms with E-state index in [-0.39, 0.29) is 12.5 Å². The van der Waals surface area contributed by atoms with E-state index in [0.29, 0.717) is 6.61 Å². The number of carbonyl (C=O) groups excluding carboxylic acids is 3.